The molecule has 9 aliphatic rings. The molecule has 3 aromatic rings. The van der Waals surface area contributed by atoms with Crippen LogP contribution in [-0.4, -0.2) is 108 Å². The number of aromatic hydroxyl groups is 1. The number of piperidine rings is 1. The number of phenolic OH excluding ortho intramolecular Hbond substituents is 1. The summed E-state index contributed by atoms with van der Waals surface area (Å²) in [6, 6.07) is 26.0. The van der Waals surface area contributed by atoms with Crippen molar-refractivity contribution in [3.05, 3.63) is 136 Å². The van der Waals surface area contributed by atoms with Crippen molar-refractivity contribution in [1.29, 1.82) is 0 Å². The SMILES string of the molecule is C[C@H](O)CN[C@@H]1C[C@]2(C[C@@H]3[C@@H]4CCNC[C@@H]4C[C@@H]4C=CCN[C@@H]34)C[C@@H]3CC[C@@H]2[C@]12CC[C@@H](CCNC(N)=NC#CC[C@H](Cc1cccc(CCc4ccccc4)c1)C1=CC(N)NC=C1Cc1cc(O)c(OCO)cc1/C(CO)=C/C(=O)CC(=O)C3)C2. The van der Waals surface area contributed by atoms with Crippen LogP contribution < -0.4 is 42.8 Å². The van der Waals surface area contributed by atoms with Crippen LogP contribution in [0.5, 0.6) is 11.5 Å². The largest absolute Gasteiger partial charge is 0.504 e. The second-order valence-electron chi connectivity index (χ2n) is 27.0. The van der Waals surface area contributed by atoms with Gasteiger partial charge in [0.1, 0.15) is 5.78 Å². The Bertz CT molecular complexity index is 3110. The summed E-state index contributed by atoms with van der Waals surface area (Å²) in [6.45, 7) is 4.83. The average molecular weight is 1170 g/mol. The van der Waals surface area contributed by atoms with E-state index in [4.69, 9.17) is 16.2 Å². The number of nitrogens with two attached hydrogens (primary N) is 2. The van der Waals surface area contributed by atoms with Crippen molar-refractivity contribution in [2.24, 2.45) is 74.6 Å². The van der Waals surface area contributed by atoms with E-state index in [1.807, 2.05) is 25.3 Å². The lowest BCUT2D eigenvalue weighted by atomic mass is 9.52. The first-order valence-electron chi connectivity index (χ1n) is 32.4. The van der Waals surface area contributed by atoms with E-state index in [0.717, 1.165) is 107 Å². The number of phenols is 1. The number of ether oxygens (including phenoxy) is 1. The van der Waals surface area contributed by atoms with Crippen molar-refractivity contribution in [2.75, 3.05) is 46.1 Å². The van der Waals surface area contributed by atoms with E-state index < -0.39 is 31.5 Å². The number of rotatable bonds is 13. The molecule has 1 unspecified atom stereocenters. The van der Waals surface area contributed by atoms with Gasteiger partial charge in [0.25, 0.3) is 0 Å². The van der Waals surface area contributed by atoms with Crippen LogP contribution in [0.3, 0.4) is 0 Å². The van der Waals surface area contributed by atoms with Crippen LogP contribution in [-0.2, 0) is 35.3 Å². The van der Waals surface area contributed by atoms with Gasteiger partial charge in [-0.15, -0.1) is 0 Å². The van der Waals surface area contributed by atoms with Gasteiger partial charge in [0.15, 0.2) is 24.1 Å². The quantitative estimate of drug-likeness (QED) is 0.0349. The third-order valence-corrected chi connectivity index (χ3v) is 21.5. The van der Waals surface area contributed by atoms with Gasteiger partial charge in [0.05, 0.1) is 25.3 Å². The van der Waals surface area contributed by atoms with E-state index in [9.17, 15) is 30.0 Å². The van der Waals surface area contributed by atoms with E-state index >= 15 is 0 Å². The predicted molar refractivity (Wildman–Crippen MR) is 338 cm³/mol. The fourth-order valence-corrected chi connectivity index (χ4v) is 18.0. The minimum Gasteiger partial charge on any atom is -0.504 e. The topological polar surface area (TPSA) is 249 Å². The van der Waals surface area contributed by atoms with Crippen LogP contribution in [0.4, 0.5) is 0 Å². The summed E-state index contributed by atoms with van der Waals surface area (Å²) in [5.74, 6) is 6.01. The van der Waals surface area contributed by atoms with Crippen LogP contribution in [0.2, 0.25) is 0 Å². The highest BCUT2D eigenvalue weighted by molar-refractivity contribution is 6.08. The van der Waals surface area contributed by atoms with Gasteiger partial charge in [-0.25, -0.2) is 0 Å². The van der Waals surface area contributed by atoms with Crippen molar-refractivity contribution in [3.63, 3.8) is 0 Å². The summed E-state index contributed by atoms with van der Waals surface area (Å²) in [5.41, 5.74) is 20.0. The lowest BCUT2D eigenvalue weighted by Crippen LogP contribution is -2.57. The Morgan fingerprint density at radius 3 is 2.60 bits per heavy atom. The second-order valence-corrected chi connectivity index (χ2v) is 27.0. The molecular weight excluding hydrogens is 1080 g/mol. The summed E-state index contributed by atoms with van der Waals surface area (Å²) in [7, 11) is 0. The third kappa shape index (κ3) is 14.2. The zero-order valence-corrected chi connectivity index (χ0v) is 50.5. The Balaban J connectivity index is 0.933. The van der Waals surface area contributed by atoms with Gasteiger partial charge in [-0.1, -0.05) is 72.7 Å². The molecule has 4 saturated carbocycles. The molecule has 15 nitrogen and oxygen atoms in total. The number of benzene rings is 3. The van der Waals surface area contributed by atoms with Crippen LogP contribution in [0.15, 0.2) is 113 Å². The Hall–Kier alpha value is -6.09. The van der Waals surface area contributed by atoms with Crippen molar-refractivity contribution >= 4 is 23.1 Å². The molecule has 1 saturated heterocycles. The van der Waals surface area contributed by atoms with E-state index in [1.165, 1.54) is 30.0 Å². The third-order valence-electron chi connectivity index (χ3n) is 21.5. The Kier molecular flexibility index (Phi) is 20.0. The first-order chi connectivity index (χ1) is 41.8. The number of dihydropyridines is 1. The summed E-state index contributed by atoms with van der Waals surface area (Å²) < 4.78 is 5.49. The van der Waals surface area contributed by atoms with E-state index in [-0.39, 0.29) is 64.4 Å². The molecular formula is C71H94N8O7. The summed E-state index contributed by atoms with van der Waals surface area (Å²) in [6.07, 6.45) is 23.9. The van der Waals surface area contributed by atoms with Gasteiger partial charge >= 0.3 is 0 Å². The number of hydrogen-bond acceptors (Lipinski definition) is 15. The molecule has 5 aliphatic heterocycles. The number of aliphatic hydroxyl groups is 3. The molecule has 5 fully saturated rings. The molecule has 12 rings (SSSR count). The fraction of sp³-hybridized carbons (Fsp3) is 0.563. The number of ketones is 2. The predicted octanol–water partition coefficient (Wildman–Crippen LogP) is 7.27. The van der Waals surface area contributed by atoms with Gasteiger partial charge in [0.2, 0.25) is 5.96 Å². The maximum absolute atomic E-state index is 14.6. The summed E-state index contributed by atoms with van der Waals surface area (Å²) >= 11 is 0. The van der Waals surface area contributed by atoms with Crippen molar-refractivity contribution in [1.82, 2.24) is 26.6 Å². The minimum absolute atomic E-state index is 0.0162. The number of aryl methyl sites for hydroxylation is 2. The summed E-state index contributed by atoms with van der Waals surface area (Å²) in [5, 5.41) is 61.9. The molecule has 0 aromatic heterocycles. The van der Waals surface area contributed by atoms with E-state index in [0.29, 0.717) is 91.0 Å². The number of nitrogens with zero attached hydrogens (tertiary/aromatic N) is 1. The first kappa shape index (κ1) is 61.6. The molecule has 0 amide bonds. The van der Waals surface area contributed by atoms with Gasteiger partial charge in [-0.2, -0.15) is 4.99 Å². The van der Waals surface area contributed by atoms with Crippen LogP contribution in [0.1, 0.15) is 125 Å². The highest BCUT2D eigenvalue weighted by Gasteiger charge is 2.65. The van der Waals surface area contributed by atoms with Crippen LogP contribution in [0.25, 0.3) is 5.57 Å². The van der Waals surface area contributed by atoms with Crippen molar-refractivity contribution in [3.8, 4) is 23.5 Å². The number of fused-ring (bicyclic) bond motifs is 13. The van der Waals surface area contributed by atoms with Crippen LogP contribution >= 0.6 is 0 Å². The summed E-state index contributed by atoms with van der Waals surface area (Å²) in [4.78, 5) is 33.6. The molecule has 13 N–H and O–H groups in total. The van der Waals surface area contributed by atoms with Gasteiger partial charge in [-0.05, 0) is 243 Å². The standard InChI is InChI=1S/C71H94N8O7/c1-45(82)40-78-66-39-70(38-62-59-20-24-74-41-54(59)29-52-13-7-22-75-68(52)62)36-50-16-17-65(70)71(66)21-18-48(37-71)19-25-77-69(73)76-23-6-12-51(27-49-11-5-10-47(26-49)15-14-46-8-3-2-4-9-46)61-35-67(72)79-42-55(61)30-53-32-63(85)64(86-44-81)34-60(53)56(43-80)31-58(84)33-57(83)28-50/h2-5,7-11,13,26,31-32,34-35,42,45,48,50-52,54,59,62,65-68,74-75,78-82,85H,12,14-22,24-25,27-30,33,36-41,43-44,72H2,1H3,(H3,73,76,77)/b56-31+/t45-,48-,50+,51+,52-,54-,59+,62+,65-,66+,67?,68+,70+,71+/m0/s1. The Labute approximate surface area is 509 Å². The first-order valence-corrected chi connectivity index (χ1v) is 32.4. The Morgan fingerprint density at radius 1 is 0.930 bits per heavy atom. The smallest absolute Gasteiger partial charge is 0.202 e. The monoisotopic (exact) mass is 1170 g/mol. The molecule has 4 aliphatic carbocycles. The number of nitrogens with one attached hydrogen (secondary N) is 5. The zero-order valence-electron chi connectivity index (χ0n) is 50.5. The molecule has 5 bridgehead atoms. The number of allylic oxidation sites excluding steroid dienone is 3. The normalized spacial score (nSPS) is 33.2. The molecule has 460 valence electrons. The molecule has 14 atom stereocenters. The fourth-order valence-electron chi connectivity index (χ4n) is 18.0. The number of hydrogen-bond donors (Lipinski definition) is 11. The maximum atomic E-state index is 14.6. The second kappa shape index (κ2) is 27.9. The van der Waals surface area contributed by atoms with E-state index in [1.54, 1.807) is 12.1 Å². The van der Waals surface area contributed by atoms with Gasteiger partial charge in [-0.3, -0.25) is 9.59 Å². The molecule has 15 heteroatoms. The minimum atomic E-state index is -0.710. The molecule has 1 spiro atoms. The number of carbonyl (C=O) groups is 2. The maximum Gasteiger partial charge on any atom is 0.202 e. The van der Waals surface area contributed by atoms with Gasteiger partial charge < -0.3 is 63.2 Å². The highest BCUT2D eigenvalue weighted by Crippen LogP contribution is 2.70. The molecule has 0 radical (unpaired) electrons. The number of aliphatic imine (C=N–C) groups is 1. The lowest BCUT2D eigenvalue weighted by Gasteiger charge is -2.55. The number of guanidine groups is 1. The number of aliphatic hydroxyl groups excluding tert-OH is 3. The molecule has 3 aromatic carbocycles. The number of Topliss-reactive ketones (excluding diaryl/α,β-unsaturated/α-hetero) is 1. The van der Waals surface area contributed by atoms with E-state index in [2.05, 4.69) is 104 Å². The lowest BCUT2D eigenvalue weighted by molar-refractivity contribution is -0.126. The zero-order chi connectivity index (χ0) is 59.8. The van der Waals surface area contributed by atoms with Crippen LogP contribution in [0, 0.1) is 70.1 Å². The van der Waals surface area contributed by atoms with Crippen molar-refractivity contribution in [2.45, 2.75) is 147 Å². The highest BCUT2D eigenvalue weighted by atomic mass is 16.6. The molecule has 5 heterocycles. The Morgan fingerprint density at radius 2 is 1.77 bits per heavy atom. The molecule has 86 heavy (non-hydrogen) atoms. The van der Waals surface area contributed by atoms with Crippen molar-refractivity contribution < 1.29 is 34.8 Å². The number of carbonyl (C=O) groups excluding carboxylic acids is 2. The van der Waals surface area contributed by atoms with Gasteiger partial charge in [0, 0.05) is 56.8 Å². The average Bonchev–Trinajstić information content (AvgIpc) is 2.87.